The van der Waals surface area contributed by atoms with Gasteiger partial charge in [-0.15, -0.1) is 0 Å². The lowest BCUT2D eigenvalue weighted by Crippen LogP contribution is -2.42. The van der Waals surface area contributed by atoms with Crippen molar-refractivity contribution in [3.63, 3.8) is 0 Å². The van der Waals surface area contributed by atoms with Gasteiger partial charge in [0.25, 0.3) is 0 Å². The molecule has 1 saturated heterocycles. The molecule has 7 heteroatoms. The highest BCUT2D eigenvalue weighted by atomic mass is 16.5. The van der Waals surface area contributed by atoms with E-state index in [1.807, 2.05) is 18.2 Å². The summed E-state index contributed by atoms with van der Waals surface area (Å²) < 4.78 is 4.84. The molecule has 0 unspecified atom stereocenters. The van der Waals surface area contributed by atoms with Gasteiger partial charge in [0, 0.05) is 11.5 Å². The molecule has 27 heavy (non-hydrogen) atoms. The Balaban J connectivity index is 1.77. The van der Waals surface area contributed by atoms with E-state index in [1.54, 1.807) is 0 Å². The molecule has 2 atom stereocenters. The van der Waals surface area contributed by atoms with Gasteiger partial charge in [-0.3, -0.25) is 4.79 Å². The smallest absolute Gasteiger partial charge is 0.328 e. The monoisotopic (exact) mass is 370 g/mol. The molecule has 2 aliphatic rings. The van der Waals surface area contributed by atoms with E-state index in [1.165, 1.54) is 49.7 Å². The summed E-state index contributed by atoms with van der Waals surface area (Å²) >= 11 is 0. The van der Waals surface area contributed by atoms with Gasteiger partial charge in [-0.05, 0) is 41.8 Å². The van der Waals surface area contributed by atoms with Crippen molar-refractivity contribution in [1.82, 2.24) is 4.90 Å². The third kappa shape index (κ3) is 4.42. The Morgan fingerprint density at radius 3 is 2.70 bits per heavy atom. The van der Waals surface area contributed by atoms with Crippen LogP contribution in [0.4, 0.5) is 0 Å². The maximum atomic E-state index is 13.0. The number of carbonyl (C=O) groups is 2. The van der Waals surface area contributed by atoms with Gasteiger partial charge in [-0.2, -0.15) is 0 Å². The third-order valence-electron chi connectivity index (χ3n) is 5.73. The number of rotatable bonds is 5. The molecule has 1 aromatic carbocycles. The van der Waals surface area contributed by atoms with Crippen LogP contribution < -0.4 is 0 Å². The van der Waals surface area contributed by atoms with Crippen LogP contribution in [-0.2, 0) is 20.7 Å². The second-order valence-electron chi connectivity index (χ2n) is 7.39. The standard InChI is InChI=1S/C20H26N4O3/c1-27-20(26)18-12-16(22-23-21)13-24(18)19(25)11-15-9-5-6-10-17(15)14-7-3-2-4-8-14/h5-6,9-10,14,16,18H,2-4,7-8,11-13H2,1H3/t16-,18-/m0/s1. The van der Waals surface area contributed by atoms with Crippen molar-refractivity contribution in [2.75, 3.05) is 13.7 Å². The summed E-state index contributed by atoms with van der Waals surface area (Å²) in [5, 5.41) is 3.70. The van der Waals surface area contributed by atoms with Crippen LogP contribution in [0.3, 0.4) is 0 Å². The summed E-state index contributed by atoms with van der Waals surface area (Å²) in [6.45, 7) is 0.258. The lowest BCUT2D eigenvalue weighted by atomic mass is 9.81. The summed E-state index contributed by atoms with van der Waals surface area (Å²) in [6, 6.07) is 7.05. The third-order valence-corrected chi connectivity index (χ3v) is 5.73. The van der Waals surface area contributed by atoms with Crippen molar-refractivity contribution in [2.45, 2.75) is 62.9 Å². The Morgan fingerprint density at radius 1 is 1.26 bits per heavy atom. The minimum Gasteiger partial charge on any atom is -0.467 e. The highest BCUT2D eigenvalue weighted by molar-refractivity contribution is 5.86. The molecule has 0 bridgehead atoms. The molecular formula is C20H26N4O3. The van der Waals surface area contributed by atoms with Crippen molar-refractivity contribution < 1.29 is 14.3 Å². The number of hydrogen-bond donors (Lipinski definition) is 0. The number of benzene rings is 1. The number of azide groups is 1. The summed E-state index contributed by atoms with van der Waals surface area (Å²) in [4.78, 5) is 29.5. The van der Waals surface area contributed by atoms with E-state index >= 15 is 0 Å². The van der Waals surface area contributed by atoms with Crippen molar-refractivity contribution in [3.05, 3.63) is 45.8 Å². The zero-order valence-electron chi connectivity index (χ0n) is 15.7. The van der Waals surface area contributed by atoms with Gasteiger partial charge in [-0.25, -0.2) is 4.79 Å². The number of nitrogens with zero attached hydrogens (tertiary/aromatic N) is 4. The van der Waals surface area contributed by atoms with Crippen LogP contribution in [0.15, 0.2) is 29.4 Å². The predicted molar refractivity (Wildman–Crippen MR) is 101 cm³/mol. The number of methoxy groups -OCH3 is 1. The van der Waals surface area contributed by atoms with E-state index in [0.717, 1.165) is 5.56 Å². The SMILES string of the molecule is COC(=O)[C@@H]1C[C@H](N=[N+]=[N-])CN1C(=O)Cc1ccccc1C1CCCCC1. The molecular weight excluding hydrogens is 344 g/mol. The van der Waals surface area contributed by atoms with Gasteiger partial charge >= 0.3 is 5.97 Å². The molecule has 1 saturated carbocycles. The Morgan fingerprint density at radius 2 is 2.00 bits per heavy atom. The molecule has 1 amide bonds. The lowest BCUT2D eigenvalue weighted by molar-refractivity contribution is -0.150. The molecule has 0 radical (unpaired) electrons. The molecule has 0 spiro atoms. The van der Waals surface area contributed by atoms with Gasteiger partial charge in [-0.1, -0.05) is 48.6 Å². The zero-order valence-corrected chi connectivity index (χ0v) is 15.7. The van der Waals surface area contributed by atoms with Crippen molar-refractivity contribution >= 4 is 11.9 Å². The maximum Gasteiger partial charge on any atom is 0.328 e. The molecule has 1 aromatic rings. The number of carbonyl (C=O) groups excluding carboxylic acids is 2. The van der Waals surface area contributed by atoms with E-state index in [2.05, 4.69) is 16.1 Å². The van der Waals surface area contributed by atoms with Gasteiger partial charge in [0.05, 0.1) is 19.6 Å². The summed E-state index contributed by atoms with van der Waals surface area (Å²) in [7, 11) is 1.31. The first kappa shape index (κ1) is 19.2. The van der Waals surface area contributed by atoms with Gasteiger partial charge in [0.2, 0.25) is 5.91 Å². The second kappa shape index (κ2) is 8.91. The fourth-order valence-corrected chi connectivity index (χ4v) is 4.38. The number of likely N-dealkylation sites (tertiary alicyclic amines) is 1. The molecule has 0 aromatic heterocycles. The first-order chi connectivity index (χ1) is 13.1. The largest absolute Gasteiger partial charge is 0.467 e. The van der Waals surface area contributed by atoms with E-state index in [9.17, 15) is 9.59 Å². The minimum atomic E-state index is -0.681. The number of esters is 1. The van der Waals surface area contributed by atoms with Gasteiger partial charge in [0.1, 0.15) is 6.04 Å². The van der Waals surface area contributed by atoms with Gasteiger partial charge < -0.3 is 9.64 Å². The highest BCUT2D eigenvalue weighted by Gasteiger charge is 2.40. The van der Waals surface area contributed by atoms with E-state index in [-0.39, 0.29) is 18.9 Å². The highest BCUT2D eigenvalue weighted by Crippen LogP contribution is 2.35. The molecule has 1 aliphatic carbocycles. The second-order valence-corrected chi connectivity index (χ2v) is 7.39. The average Bonchev–Trinajstić information content (AvgIpc) is 3.13. The van der Waals surface area contributed by atoms with Crippen LogP contribution in [0.25, 0.3) is 10.4 Å². The maximum absolute atomic E-state index is 13.0. The van der Waals surface area contributed by atoms with Crippen molar-refractivity contribution in [1.29, 1.82) is 0 Å². The Kier molecular flexibility index (Phi) is 6.35. The summed E-state index contributed by atoms with van der Waals surface area (Å²) in [6.07, 6.45) is 6.65. The molecule has 1 aliphatic heterocycles. The first-order valence-electron chi connectivity index (χ1n) is 9.63. The number of ether oxygens (including phenoxy) is 1. The predicted octanol–water partition coefficient (Wildman–Crippen LogP) is 3.73. The van der Waals surface area contributed by atoms with Crippen molar-refractivity contribution in [2.24, 2.45) is 5.11 Å². The van der Waals surface area contributed by atoms with Crippen LogP contribution >= 0.6 is 0 Å². The minimum absolute atomic E-state index is 0.121. The topological polar surface area (TPSA) is 95.4 Å². The van der Waals surface area contributed by atoms with Crippen molar-refractivity contribution in [3.8, 4) is 0 Å². The molecule has 1 heterocycles. The Hall–Kier alpha value is -2.53. The van der Waals surface area contributed by atoms with Crippen LogP contribution in [0, 0.1) is 0 Å². The number of hydrogen-bond acceptors (Lipinski definition) is 4. The average molecular weight is 370 g/mol. The van der Waals surface area contributed by atoms with Crippen LogP contribution in [-0.4, -0.2) is 42.5 Å². The Bertz CT molecular complexity index is 738. The molecule has 7 nitrogen and oxygen atoms in total. The quantitative estimate of drug-likeness (QED) is 0.342. The normalized spacial score (nSPS) is 22.9. The summed E-state index contributed by atoms with van der Waals surface area (Å²) in [5.74, 6) is -0.0717. The lowest BCUT2D eigenvalue weighted by Gasteiger charge is -2.26. The molecule has 0 N–H and O–H groups in total. The van der Waals surface area contributed by atoms with Crippen LogP contribution in [0.2, 0.25) is 0 Å². The molecule has 2 fully saturated rings. The van der Waals surface area contributed by atoms with E-state index in [0.29, 0.717) is 12.3 Å². The van der Waals surface area contributed by atoms with E-state index < -0.39 is 18.1 Å². The fourth-order valence-electron chi connectivity index (χ4n) is 4.38. The molecule has 144 valence electrons. The van der Waals surface area contributed by atoms with Crippen LogP contribution in [0.1, 0.15) is 55.6 Å². The zero-order chi connectivity index (χ0) is 19.2. The summed E-state index contributed by atoms with van der Waals surface area (Å²) in [5.41, 5.74) is 11.0. The Labute approximate surface area is 159 Å². The number of amides is 1. The van der Waals surface area contributed by atoms with Crippen LogP contribution in [0.5, 0.6) is 0 Å². The first-order valence-corrected chi connectivity index (χ1v) is 9.63. The fraction of sp³-hybridized carbons (Fsp3) is 0.600. The molecule has 3 rings (SSSR count). The van der Waals surface area contributed by atoms with E-state index in [4.69, 9.17) is 10.3 Å². The van der Waals surface area contributed by atoms with Gasteiger partial charge in [0.15, 0.2) is 0 Å².